The third kappa shape index (κ3) is 4.98. The fraction of sp³-hybridized carbons (Fsp3) is 0.208. The van der Waals surface area contributed by atoms with E-state index in [0.717, 1.165) is 10.1 Å². The molecule has 0 aliphatic rings. The number of rotatable bonds is 8. The summed E-state index contributed by atoms with van der Waals surface area (Å²) in [7, 11) is 4.43. The Balaban J connectivity index is 1.41. The van der Waals surface area contributed by atoms with E-state index in [9.17, 15) is 14.4 Å². The van der Waals surface area contributed by atoms with Gasteiger partial charge in [-0.1, -0.05) is 30.3 Å². The number of aryl methyl sites for hydroxylation is 1. The molecule has 35 heavy (non-hydrogen) atoms. The molecule has 4 aromatic rings. The molecule has 2 aromatic carbocycles. The number of hydrogen-bond donors (Lipinski definition) is 1. The summed E-state index contributed by atoms with van der Waals surface area (Å²) >= 11 is 0. The predicted octanol–water partition coefficient (Wildman–Crippen LogP) is 1.17. The number of amides is 1. The molecule has 0 saturated heterocycles. The highest BCUT2D eigenvalue weighted by Crippen LogP contribution is 2.28. The quantitative estimate of drug-likeness (QED) is 0.301. The molecule has 2 heterocycles. The topological polar surface area (TPSA) is 122 Å². The average Bonchev–Trinajstić information content (AvgIpc) is 3.29. The lowest BCUT2D eigenvalue weighted by molar-refractivity contribution is -0.121. The zero-order chi connectivity index (χ0) is 24.9. The van der Waals surface area contributed by atoms with E-state index in [1.165, 1.54) is 35.8 Å². The van der Waals surface area contributed by atoms with Crippen LogP contribution >= 0.6 is 0 Å². The molecule has 0 fully saturated rings. The van der Waals surface area contributed by atoms with Crippen molar-refractivity contribution < 1.29 is 14.3 Å². The molecule has 2 aromatic heterocycles. The van der Waals surface area contributed by atoms with E-state index in [1.807, 2.05) is 30.3 Å². The number of carbonyl (C=O) groups is 1. The van der Waals surface area contributed by atoms with Crippen LogP contribution in [0.15, 0.2) is 69.5 Å². The van der Waals surface area contributed by atoms with E-state index in [0.29, 0.717) is 23.7 Å². The maximum atomic E-state index is 12.4. The van der Waals surface area contributed by atoms with Crippen LogP contribution in [-0.4, -0.2) is 37.9 Å². The van der Waals surface area contributed by atoms with Crippen molar-refractivity contribution >= 4 is 23.3 Å². The van der Waals surface area contributed by atoms with Crippen molar-refractivity contribution in [2.75, 3.05) is 7.11 Å². The van der Waals surface area contributed by atoms with E-state index < -0.39 is 17.2 Å². The number of nitrogens with zero attached hydrogens (tertiary/aromatic N) is 5. The lowest BCUT2D eigenvalue weighted by Gasteiger charge is -2.11. The lowest BCUT2D eigenvalue weighted by Crippen LogP contribution is -2.37. The van der Waals surface area contributed by atoms with Crippen LogP contribution in [0.1, 0.15) is 11.1 Å². The summed E-state index contributed by atoms with van der Waals surface area (Å²) in [5, 5.41) is 3.98. The van der Waals surface area contributed by atoms with Crippen LogP contribution in [0.2, 0.25) is 0 Å². The van der Waals surface area contributed by atoms with E-state index in [-0.39, 0.29) is 17.7 Å². The molecular formula is C24H24N6O5. The van der Waals surface area contributed by atoms with Gasteiger partial charge in [0.25, 0.3) is 11.5 Å². The van der Waals surface area contributed by atoms with Gasteiger partial charge in [0.05, 0.1) is 19.7 Å². The van der Waals surface area contributed by atoms with E-state index in [2.05, 4.69) is 15.5 Å². The minimum absolute atomic E-state index is 0.104. The molecular weight excluding hydrogens is 452 g/mol. The van der Waals surface area contributed by atoms with Gasteiger partial charge >= 0.3 is 5.69 Å². The van der Waals surface area contributed by atoms with Gasteiger partial charge in [0.15, 0.2) is 17.0 Å². The van der Waals surface area contributed by atoms with Crippen molar-refractivity contribution in [1.29, 1.82) is 0 Å². The maximum absolute atomic E-state index is 12.4. The summed E-state index contributed by atoms with van der Waals surface area (Å²) in [5.41, 5.74) is 3.49. The minimum Gasteiger partial charge on any atom is -0.493 e. The summed E-state index contributed by atoms with van der Waals surface area (Å²) in [6, 6.07) is 15.1. The zero-order valence-corrected chi connectivity index (χ0v) is 19.5. The number of methoxy groups -OCH3 is 1. The first-order valence-corrected chi connectivity index (χ1v) is 10.7. The third-order valence-corrected chi connectivity index (χ3v) is 5.35. The Morgan fingerprint density at radius 3 is 2.60 bits per heavy atom. The van der Waals surface area contributed by atoms with Gasteiger partial charge in [-0.15, -0.1) is 0 Å². The Hall–Kier alpha value is -4.67. The summed E-state index contributed by atoms with van der Waals surface area (Å²) < 4.78 is 14.9. The molecule has 0 spiro atoms. The smallest absolute Gasteiger partial charge is 0.332 e. The standard InChI is InChI=1S/C24H24N6O5/c1-28-22-21(23(32)29(2)24(28)33)25-15-30(22)13-20(31)27-26-12-17-9-10-18(19(11-17)34-3)35-14-16-7-5-4-6-8-16/h4-12,15H,13-14H2,1-3H3,(H,27,31)/b26-12+. The molecule has 0 bridgehead atoms. The van der Waals surface area contributed by atoms with Gasteiger partial charge < -0.3 is 14.0 Å². The fourth-order valence-electron chi connectivity index (χ4n) is 3.54. The number of benzene rings is 2. The predicted molar refractivity (Wildman–Crippen MR) is 130 cm³/mol. The second-order valence-corrected chi connectivity index (χ2v) is 7.73. The molecule has 0 aliphatic heterocycles. The molecule has 1 amide bonds. The molecule has 0 aliphatic carbocycles. The van der Waals surface area contributed by atoms with E-state index in [4.69, 9.17) is 9.47 Å². The minimum atomic E-state index is -0.523. The van der Waals surface area contributed by atoms with Gasteiger partial charge in [0.1, 0.15) is 18.8 Å². The first kappa shape index (κ1) is 23.5. The van der Waals surface area contributed by atoms with E-state index in [1.54, 1.807) is 25.3 Å². The highest BCUT2D eigenvalue weighted by atomic mass is 16.5. The molecule has 180 valence electrons. The maximum Gasteiger partial charge on any atom is 0.332 e. The summed E-state index contributed by atoms with van der Waals surface area (Å²) in [6.45, 7) is 0.227. The normalized spacial score (nSPS) is 11.2. The number of fused-ring (bicyclic) bond motifs is 1. The van der Waals surface area contributed by atoms with Gasteiger partial charge in [-0.3, -0.25) is 18.7 Å². The number of hydrazone groups is 1. The van der Waals surface area contributed by atoms with Crippen molar-refractivity contribution in [2.45, 2.75) is 13.2 Å². The monoisotopic (exact) mass is 476 g/mol. The van der Waals surface area contributed by atoms with Crippen LogP contribution in [0.5, 0.6) is 11.5 Å². The molecule has 1 N–H and O–H groups in total. The number of imidazole rings is 1. The fourth-order valence-corrected chi connectivity index (χ4v) is 3.54. The van der Waals surface area contributed by atoms with Crippen LogP contribution in [0, 0.1) is 0 Å². The number of nitrogens with one attached hydrogen (secondary N) is 1. The van der Waals surface area contributed by atoms with Gasteiger partial charge in [0.2, 0.25) is 0 Å². The third-order valence-electron chi connectivity index (χ3n) is 5.35. The molecule has 0 saturated carbocycles. The number of carbonyl (C=O) groups excluding carboxylic acids is 1. The first-order valence-electron chi connectivity index (χ1n) is 10.7. The Morgan fingerprint density at radius 2 is 1.86 bits per heavy atom. The van der Waals surface area contributed by atoms with Crippen LogP contribution < -0.4 is 26.1 Å². The zero-order valence-electron chi connectivity index (χ0n) is 19.5. The van der Waals surface area contributed by atoms with Crippen LogP contribution in [0.25, 0.3) is 11.2 Å². The van der Waals surface area contributed by atoms with Crippen LogP contribution in [0.3, 0.4) is 0 Å². The number of hydrogen-bond acceptors (Lipinski definition) is 7. The van der Waals surface area contributed by atoms with Gasteiger partial charge in [-0.25, -0.2) is 15.2 Å². The second kappa shape index (κ2) is 10.1. The average molecular weight is 476 g/mol. The molecule has 11 heteroatoms. The largest absolute Gasteiger partial charge is 0.493 e. The van der Waals surface area contributed by atoms with Crippen molar-refractivity contribution in [2.24, 2.45) is 19.2 Å². The van der Waals surface area contributed by atoms with Crippen LogP contribution in [0.4, 0.5) is 0 Å². The first-order chi connectivity index (χ1) is 16.9. The molecule has 0 atom stereocenters. The van der Waals surface area contributed by atoms with Gasteiger partial charge in [0, 0.05) is 14.1 Å². The Kier molecular flexibility index (Phi) is 6.76. The van der Waals surface area contributed by atoms with Crippen molar-refractivity contribution in [1.82, 2.24) is 24.1 Å². The van der Waals surface area contributed by atoms with E-state index >= 15 is 0 Å². The van der Waals surface area contributed by atoms with Crippen molar-refractivity contribution in [3.8, 4) is 11.5 Å². The molecule has 4 rings (SSSR count). The lowest BCUT2D eigenvalue weighted by atomic mass is 10.2. The highest BCUT2D eigenvalue weighted by Gasteiger charge is 2.15. The highest BCUT2D eigenvalue weighted by molar-refractivity contribution is 5.83. The molecule has 11 nitrogen and oxygen atoms in total. The summed E-state index contributed by atoms with van der Waals surface area (Å²) in [4.78, 5) is 40.9. The Labute approximate surface area is 199 Å². The van der Waals surface area contributed by atoms with Gasteiger partial charge in [-0.2, -0.15) is 5.10 Å². The van der Waals surface area contributed by atoms with Crippen molar-refractivity contribution in [3.05, 3.63) is 86.8 Å². The van der Waals surface area contributed by atoms with Crippen LogP contribution in [-0.2, 0) is 32.0 Å². The summed E-state index contributed by atoms with van der Waals surface area (Å²) in [6.07, 6.45) is 2.81. The Bertz CT molecular complexity index is 1520. The van der Waals surface area contributed by atoms with Crippen molar-refractivity contribution in [3.63, 3.8) is 0 Å². The number of ether oxygens (including phenoxy) is 2. The SMILES string of the molecule is COc1cc(/C=N/NC(=O)Cn2cnc3c(=O)n(C)c(=O)n(C)c32)ccc1OCc1ccccc1. The Morgan fingerprint density at radius 1 is 1.09 bits per heavy atom. The molecule has 0 radical (unpaired) electrons. The number of aromatic nitrogens is 4. The second-order valence-electron chi connectivity index (χ2n) is 7.73. The van der Waals surface area contributed by atoms with Gasteiger partial charge in [-0.05, 0) is 29.3 Å². The summed E-state index contributed by atoms with van der Waals surface area (Å²) in [5.74, 6) is 0.660. The molecule has 0 unspecified atom stereocenters.